The summed E-state index contributed by atoms with van der Waals surface area (Å²) in [6.45, 7) is 2.88. The van der Waals surface area contributed by atoms with Crippen LogP contribution in [0.15, 0.2) is 0 Å². The Kier molecular flexibility index (Phi) is 3.74. The van der Waals surface area contributed by atoms with Crippen molar-refractivity contribution in [3.63, 3.8) is 0 Å². The van der Waals surface area contributed by atoms with Crippen LogP contribution >= 0.6 is 0 Å². The van der Waals surface area contributed by atoms with Gasteiger partial charge in [-0.1, -0.05) is 32.6 Å². The summed E-state index contributed by atoms with van der Waals surface area (Å²) >= 11 is 0. The minimum atomic E-state index is -0.512. The smallest absolute Gasteiger partial charge is 0.246 e. The van der Waals surface area contributed by atoms with Gasteiger partial charge < -0.3 is 10.2 Å². The van der Waals surface area contributed by atoms with Crippen molar-refractivity contribution in [3.8, 4) is 0 Å². The minimum absolute atomic E-state index is 0.121. The van der Waals surface area contributed by atoms with Crippen LogP contribution in [-0.4, -0.2) is 34.8 Å². The van der Waals surface area contributed by atoms with E-state index < -0.39 is 5.54 Å². The third-order valence-corrected chi connectivity index (χ3v) is 5.20. The molecule has 0 radical (unpaired) electrons. The van der Waals surface area contributed by atoms with E-state index in [2.05, 4.69) is 12.2 Å². The zero-order valence-corrected chi connectivity index (χ0v) is 12.5. The summed E-state index contributed by atoms with van der Waals surface area (Å²) in [5.41, 5.74) is -0.512. The molecule has 0 aromatic heterocycles. The van der Waals surface area contributed by atoms with Crippen LogP contribution < -0.4 is 5.32 Å². The average Bonchev–Trinajstić information content (AvgIpc) is 3.27. The molecule has 3 fully saturated rings. The van der Waals surface area contributed by atoms with Gasteiger partial charge in [-0.2, -0.15) is 0 Å². The highest BCUT2D eigenvalue weighted by atomic mass is 16.2. The van der Waals surface area contributed by atoms with Gasteiger partial charge in [0, 0.05) is 6.54 Å². The van der Waals surface area contributed by atoms with Crippen molar-refractivity contribution in [2.75, 3.05) is 6.54 Å². The van der Waals surface area contributed by atoms with Crippen LogP contribution in [0.5, 0.6) is 0 Å². The quantitative estimate of drug-likeness (QED) is 0.857. The predicted molar refractivity (Wildman–Crippen MR) is 77.1 cm³/mol. The molecule has 1 heterocycles. The number of carbonyl (C=O) groups is 2. The summed E-state index contributed by atoms with van der Waals surface area (Å²) in [7, 11) is 0. The van der Waals surface area contributed by atoms with E-state index in [0.717, 1.165) is 45.1 Å². The summed E-state index contributed by atoms with van der Waals surface area (Å²) in [4.78, 5) is 27.5. The molecule has 20 heavy (non-hydrogen) atoms. The second kappa shape index (κ2) is 5.38. The van der Waals surface area contributed by atoms with E-state index in [1.54, 1.807) is 0 Å². The fraction of sp³-hybridized carbons (Fsp3) is 0.875. The highest BCUT2D eigenvalue weighted by Gasteiger charge is 2.53. The van der Waals surface area contributed by atoms with Crippen molar-refractivity contribution < 1.29 is 9.59 Å². The first-order valence-corrected chi connectivity index (χ1v) is 8.30. The molecule has 4 nitrogen and oxygen atoms in total. The maximum Gasteiger partial charge on any atom is 0.246 e. The van der Waals surface area contributed by atoms with Gasteiger partial charge in [-0.15, -0.1) is 0 Å². The summed E-state index contributed by atoms with van der Waals surface area (Å²) < 4.78 is 0. The Labute approximate surface area is 121 Å². The Morgan fingerprint density at radius 3 is 2.50 bits per heavy atom. The van der Waals surface area contributed by atoms with Crippen molar-refractivity contribution >= 4 is 11.8 Å². The lowest BCUT2D eigenvalue weighted by Gasteiger charge is -2.50. The number of nitrogens with zero attached hydrogens (tertiary/aromatic N) is 1. The van der Waals surface area contributed by atoms with Gasteiger partial charge in [-0.3, -0.25) is 9.59 Å². The first kappa shape index (κ1) is 13.9. The van der Waals surface area contributed by atoms with Crippen molar-refractivity contribution in [3.05, 3.63) is 0 Å². The molecular formula is C16H26N2O2. The first-order chi connectivity index (χ1) is 9.67. The van der Waals surface area contributed by atoms with Crippen LogP contribution in [0.2, 0.25) is 0 Å². The van der Waals surface area contributed by atoms with E-state index in [9.17, 15) is 9.59 Å². The lowest BCUT2D eigenvalue weighted by atomic mass is 9.77. The summed E-state index contributed by atoms with van der Waals surface area (Å²) in [5, 5.41) is 3.02. The second-order valence-corrected chi connectivity index (χ2v) is 6.80. The first-order valence-electron chi connectivity index (χ1n) is 8.30. The lowest BCUT2D eigenvalue weighted by Crippen LogP contribution is -2.71. The molecule has 4 heteroatoms. The van der Waals surface area contributed by atoms with Gasteiger partial charge in [0.1, 0.15) is 11.6 Å². The summed E-state index contributed by atoms with van der Waals surface area (Å²) in [5.74, 6) is 0.946. The molecule has 1 N–H and O–H groups in total. The predicted octanol–water partition coefficient (Wildman–Crippen LogP) is 2.23. The number of amides is 2. The standard InChI is InChI=1S/C16H26N2O2/c1-2-6-13-14(19)18(11-12-7-8-12)16(15(20)17-13)9-4-3-5-10-16/h12-13H,2-11H2,1H3,(H,17,20). The van der Waals surface area contributed by atoms with Gasteiger partial charge in [0.15, 0.2) is 0 Å². The van der Waals surface area contributed by atoms with Crippen molar-refractivity contribution in [2.24, 2.45) is 5.92 Å². The molecule has 112 valence electrons. The van der Waals surface area contributed by atoms with Crippen molar-refractivity contribution in [2.45, 2.75) is 76.3 Å². The normalized spacial score (nSPS) is 29.6. The Hall–Kier alpha value is -1.06. The molecule has 1 aliphatic heterocycles. The molecule has 1 unspecified atom stereocenters. The topological polar surface area (TPSA) is 49.4 Å². The zero-order chi connectivity index (χ0) is 14.2. The molecule has 0 aromatic carbocycles. The number of hydrogen-bond donors (Lipinski definition) is 1. The van der Waals surface area contributed by atoms with Crippen LogP contribution in [-0.2, 0) is 9.59 Å². The zero-order valence-electron chi connectivity index (χ0n) is 12.5. The lowest BCUT2D eigenvalue weighted by molar-refractivity contribution is -0.160. The molecular weight excluding hydrogens is 252 g/mol. The van der Waals surface area contributed by atoms with Gasteiger partial charge >= 0.3 is 0 Å². The van der Waals surface area contributed by atoms with Crippen LogP contribution in [0.4, 0.5) is 0 Å². The van der Waals surface area contributed by atoms with Crippen LogP contribution in [0, 0.1) is 5.92 Å². The average molecular weight is 278 g/mol. The van der Waals surface area contributed by atoms with Crippen molar-refractivity contribution in [1.29, 1.82) is 0 Å². The van der Waals surface area contributed by atoms with E-state index in [1.807, 2.05) is 4.90 Å². The highest BCUT2D eigenvalue weighted by molar-refractivity contribution is 5.99. The Bertz CT molecular complexity index is 397. The number of hydrogen-bond acceptors (Lipinski definition) is 2. The molecule has 1 atom stereocenters. The number of rotatable bonds is 4. The van der Waals surface area contributed by atoms with E-state index in [-0.39, 0.29) is 17.9 Å². The molecule has 2 saturated carbocycles. The van der Waals surface area contributed by atoms with E-state index in [0.29, 0.717) is 5.92 Å². The molecule has 3 aliphatic rings. The van der Waals surface area contributed by atoms with Gasteiger partial charge in [0.25, 0.3) is 0 Å². The van der Waals surface area contributed by atoms with Crippen molar-refractivity contribution in [1.82, 2.24) is 10.2 Å². The largest absolute Gasteiger partial charge is 0.342 e. The van der Waals surface area contributed by atoms with E-state index >= 15 is 0 Å². The van der Waals surface area contributed by atoms with Gasteiger partial charge in [0.05, 0.1) is 0 Å². The monoisotopic (exact) mass is 278 g/mol. The fourth-order valence-electron chi connectivity index (χ4n) is 3.82. The Morgan fingerprint density at radius 2 is 1.90 bits per heavy atom. The number of carbonyl (C=O) groups excluding carboxylic acids is 2. The summed E-state index contributed by atoms with van der Waals surface area (Å²) in [6.07, 6.45) is 9.19. The van der Waals surface area contributed by atoms with Crippen LogP contribution in [0.1, 0.15) is 64.7 Å². The minimum Gasteiger partial charge on any atom is -0.342 e. The van der Waals surface area contributed by atoms with Gasteiger partial charge in [-0.25, -0.2) is 0 Å². The van der Waals surface area contributed by atoms with Crippen LogP contribution in [0.3, 0.4) is 0 Å². The molecule has 1 saturated heterocycles. The second-order valence-electron chi connectivity index (χ2n) is 6.80. The van der Waals surface area contributed by atoms with E-state index in [1.165, 1.54) is 19.3 Å². The SMILES string of the molecule is CCCC1NC(=O)C2(CCCCC2)N(CC2CC2)C1=O. The summed E-state index contributed by atoms with van der Waals surface area (Å²) in [6, 6.07) is -0.279. The Morgan fingerprint density at radius 1 is 1.20 bits per heavy atom. The fourth-order valence-corrected chi connectivity index (χ4v) is 3.82. The Balaban J connectivity index is 1.86. The molecule has 0 aromatic rings. The van der Waals surface area contributed by atoms with Gasteiger partial charge in [-0.05, 0) is 38.0 Å². The molecule has 3 rings (SSSR count). The van der Waals surface area contributed by atoms with E-state index in [4.69, 9.17) is 0 Å². The van der Waals surface area contributed by atoms with Crippen LogP contribution in [0.25, 0.3) is 0 Å². The third-order valence-electron chi connectivity index (χ3n) is 5.20. The molecule has 2 amide bonds. The number of piperazine rings is 1. The molecule has 0 bridgehead atoms. The molecule has 1 spiro atoms. The van der Waals surface area contributed by atoms with Gasteiger partial charge in [0.2, 0.25) is 11.8 Å². The highest BCUT2D eigenvalue weighted by Crippen LogP contribution is 2.40. The molecule has 2 aliphatic carbocycles. The number of nitrogens with one attached hydrogen (secondary N) is 1. The maximum absolute atomic E-state index is 12.8. The third kappa shape index (κ3) is 2.33. The maximum atomic E-state index is 12.8.